The Hall–Kier alpha value is -1.39. The lowest BCUT2D eigenvalue weighted by molar-refractivity contribution is -0.155. The van der Waals surface area contributed by atoms with Crippen LogP contribution in [0.4, 0.5) is 0 Å². The minimum Gasteiger partial charge on any atom is -0.468 e. The van der Waals surface area contributed by atoms with Crippen molar-refractivity contribution in [3.8, 4) is 0 Å². The Kier molecular flexibility index (Phi) is 3.45. The largest absolute Gasteiger partial charge is 0.468 e. The van der Waals surface area contributed by atoms with Gasteiger partial charge in [-0.25, -0.2) is 0 Å². The molecule has 0 aromatic carbocycles. The van der Waals surface area contributed by atoms with Crippen LogP contribution in [0.5, 0.6) is 0 Å². The molecule has 1 saturated heterocycles. The van der Waals surface area contributed by atoms with E-state index < -0.39 is 17.9 Å². The maximum atomic E-state index is 11.6. The van der Waals surface area contributed by atoms with Crippen LogP contribution in [0.3, 0.4) is 0 Å². The van der Waals surface area contributed by atoms with Crippen molar-refractivity contribution < 1.29 is 23.9 Å². The van der Waals surface area contributed by atoms with E-state index in [-0.39, 0.29) is 24.2 Å². The van der Waals surface area contributed by atoms with E-state index in [0.29, 0.717) is 6.42 Å². The molecule has 3 atom stereocenters. The van der Waals surface area contributed by atoms with Crippen LogP contribution >= 0.6 is 0 Å². The SMILES string of the molecule is COC(=O)[C@@H]1C(=O)O[C@@H]2CCCCC(=O)C[C@@H]12. The van der Waals surface area contributed by atoms with Crippen molar-refractivity contribution in [2.75, 3.05) is 7.11 Å². The highest BCUT2D eigenvalue weighted by molar-refractivity contribution is 5.97. The van der Waals surface area contributed by atoms with Gasteiger partial charge in [0.15, 0.2) is 5.92 Å². The van der Waals surface area contributed by atoms with E-state index in [9.17, 15) is 14.4 Å². The number of Topliss-reactive ketones (excluding diaryl/α,β-unsaturated/α-hetero) is 1. The summed E-state index contributed by atoms with van der Waals surface area (Å²) in [5.41, 5.74) is 0. The van der Waals surface area contributed by atoms with Gasteiger partial charge in [0, 0.05) is 18.8 Å². The number of ketones is 1. The maximum Gasteiger partial charge on any atom is 0.321 e. The average molecular weight is 240 g/mol. The van der Waals surface area contributed by atoms with Crippen molar-refractivity contribution in [2.24, 2.45) is 11.8 Å². The summed E-state index contributed by atoms with van der Waals surface area (Å²) < 4.78 is 9.80. The van der Waals surface area contributed by atoms with Crippen molar-refractivity contribution in [2.45, 2.75) is 38.2 Å². The van der Waals surface area contributed by atoms with Gasteiger partial charge in [-0.05, 0) is 19.3 Å². The van der Waals surface area contributed by atoms with Crippen molar-refractivity contribution in [3.63, 3.8) is 0 Å². The number of hydrogen-bond acceptors (Lipinski definition) is 5. The lowest BCUT2D eigenvalue weighted by Crippen LogP contribution is -2.31. The monoisotopic (exact) mass is 240 g/mol. The first kappa shape index (κ1) is 12.1. The van der Waals surface area contributed by atoms with Crippen LogP contribution in [-0.4, -0.2) is 30.9 Å². The summed E-state index contributed by atoms with van der Waals surface area (Å²) in [5, 5.41) is 0. The molecule has 2 fully saturated rings. The molecule has 1 aliphatic carbocycles. The molecule has 0 spiro atoms. The Bertz CT molecular complexity index is 349. The van der Waals surface area contributed by atoms with Crippen LogP contribution in [0.15, 0.2) is 0 Å². The number of hydrogen-bond donors (Lipinski definition) is 0. The molecule has 1 heterocycles. The van der Waals surface area contributed by atoms with Crippen LogP contribution in [0.2, 0.25) is 0 Å². The van der Waals surface area contributed by atoms with Gasteiger partial charge in [-0.3, -0.25) is 14.4 Å². The first-order chi connectivity index (χ1) is 8.13. The standard InChI is InChI=1S/C12H16O5/c1-16-11(14)10-8-6-7(13)4-2-3-5-9(8)17-12(10)15/h8-10H,2-6H2,1H3/t8-,9-,10-/m1/s1. The molecule has 0 bridgehead atoms. The molecule has 17 heavy (non-hydrogen) atoms. The van der Waals surface area contributed by atoms with Gasteiger partial charge in [0.2, 0.25) is 0 Å². The molecule has 0 amide bonds. The third-order valence-electron chi connectivity index (χ3n) is 3.54. The molecule has 0 aromatic heterocycles. The van der Waals surface area contributed by atoms with Gasteiger partial charge in [-0.2, -0.15) is 0 Å². The Morgan fingerprint density at radius 3 is 2.82 bits per heavy atom. The first-order valence-corrected chi connectivity index (χ1v) is 5.93. The van der Waals surface area contributed by atoms with E-state index in [1.807, 2.05) is 0 Å². The first-order valence-electron chi connectivity index (χ1n) is 5.93. The topological polar surface area (TPSA) is 69.7 Å². The van der Waals surface area contributed by atoms with E-state index in [2.05, 4.69) is 4.74 Å². The molecule has 2 aliphatic rings. The highest BCUT2D eigenvalue weighted by Gasteiger charge is 2.50. The molecule has 1 aliphatic heterocycles. The van der Waals surface area contributed by atoms with Gasteiger partial charge in [0.25, 0.3) is 0 Å². The van der Waals surface area contributed by atoms with Gasteiger partial charge < -0.3 is 9.47 Å². The van der Waals surface area contributed by atoms with Gasteiger partial charge in [-0.1, -0.05) is 0 Å². The van der Waals surface area contributed by atoms with Crippen LogP contribution in [0.25, 0.3) is 0 Å². The average Bonchev–Trinajstić information content (AvgIpc) is 2.57. The summed E-state index contributed by atoms with van der Waals surface area (Å²) in [7, 11) is 1.24. The number of methoxy groups -OCH3 is 1. The summed E-state index contributed by atoms with van der Waals surface area (Å²) in [4.78, 5) is 34.8. The number of carbonyl (C=O) groups excluding carboxylic acids is 3. The smallest absolute Gasteiger partial charge is 0.321 e. The normalized spacial score (nSPS) is 33.4. The minimum absolute atomic E-state index is 0.104. The molecule has 2 rings (SSSR count). The van der Waals surface area contributed by atoms with E-state index in [1.165, 1.54) is 7.11 Å². The van der Waals surface area contributed by atoms with Crippen molar-refractivity contribution in [1.29, 1.82) is 0 Å². The van der Waals surface area contributed by atoms with Gasteiger partial charge in [0.05, 0.1) is 7.11 Å². The van der Waals surface area contributed by atoms with Crippen LogP contribution < -0.4 is 0 Å². The van der Waals surface area contributed by atoms with E-state index in [4.69, 9.17) is 4.74 Å². The number of ether oxygens (including phenoxy) is 2. The molecule has 0 unspecified atom stereocenters. The van der Waals surface area contributed by atoms with Gasteiger partial charge >= 0.3 is 11.9 Å². The Morgan fingerprint density at radius 1 is 1.35 bits per heavy atom. The van der Waals surface area contributed by atoms with Crippen molar-refractivity contribution in [1.82, 2.24) is 0 Å². The lowest BCUT2D eigenvalue weighted by atomic mass is 9.81. The Morgan fingerprint density at radius 2 is 2.12 bits per heavy atom. The molecule has 5 nitrogen and oxygen atoms in total. The molecule has 94 valence electrons. The van der Waals surface area contributed by atoms with Crippen molar-refractivity contribution >= 4 is 17.7 Å². The second kappa shape index (κ2) is 4.85. The zero-order valence-corrected chi connectivity index (χ0v) is 9.81. The quantitative estimate of drug-likeness (QED) is 0.502. The molecule has 5 heteroatoms. The number of esters is 2. The predicted molar refractivity (Wildman–Crippen MR) is 57.0 cm³/mol. The fourth-order valence-electron chi connectivity index (χ4n) is 2.65. The second-order valence-electron chi connectivity index (χ2n) is 4.63. The zero-order valence-electron chi connectivity index (χ0n) is 9.81. The molecule has 1 saturated carbocycles. The third kappa shape index (κ3) is 2.33. The summed E-state index contributed by atoms with van der Waals surface area (Å²) in [5.74, 6) is -2.26. The van der Waals surface area contributed by atoms with Crippen LogP contribution in [0.1, 0.15) is 32.1 Å². The molecule has 0 aromatic rings. The molecule has 0 radical (unpaired) electrons. The summed E-state index contributed by atoms with van der Waals surface area (Å²) in [6.07, 6.45) is 2.91. The van der Waals surface area contributed by atoms with E-state index in [0.717, 1.165) is 19.3 Å². The molecule has 0 N–H and O–H groups in total. The third-order valence-corrected chi connectivity index (χ3v) is 3.54. The van der Waals surface area contributed by atoms with E-state index in [1.54, 1.807) is 0 Å². The number of rotatable bonds is 1. The molecular weight excluding hydrogens is 224 g/mol. The Labute approximate surface area is 99.5 Å². The van der Waals surface area contributed by atoms with Crippen molar-refractivity contribution in [3.05, 3.63) is 0 Å². The van der Waals surface area contributed by atoms with E-state index >= 15 is 0 Å². The predicted octanol–water partition coefficient (Wildman–Crippen LogP) is 0.850. The zero-order chi connectivity index (χ0) is 12.4. The number of fused-ring (bicyclic) bond motifs is 1. The van der Waals surface area contributed by atoms with Gasteiger partial charge in [-0.15, -0.1) is 0 Å². The fraction of sp³-hybridized carbons (Fsp3) is 0.750. The maximum absolute atomic E-state index is 11.6. The highest BCUT2D eigenvalue weighted by atomic mass is 16.6. The molecular formula is C12H16O5. The summed E-state index contributed by atoms with van der Waals surface area (Å²) >= 11 is 0. The van der Waals surface area contributed by atoms with Gasteiger partial charge in [0.1, 0.15) is 11.9 Å². The summed E-state index contributed by atoms with van der Waals surface area (Å²) in [6.45, 7) is 0. The Balaban J connectivity index is 2.19. The minimum atomic E-state index is -0.910. The van der Waals surface area contributed by atoms with Crippen LogP contribution in [0, 0.1) is 11.8 Å². The lowest BCUT2D eigenvalue weighted by Gasteiger charge is -2.21. The fourth-order valence-corrected chi connectivity index (χ4v) is 2.65. The highest BCUT2D eigenvalue weighted by Crippen LogP contribution is 2.36. The second-order valence-corrected chi connectivity index (χ2v) is 4.63. The number of carbonyl (C=O) groups is 3. The summed E-state index contributed by atoms with van der Waals surface area (Å²) in [6, 6.07) is 0. The van der Waals surface area contributed by atoms with Crippen LogP contribution in [-0.2, 0) is 23.9 Å².